The molecule has 0 saturated heterocycles. The number of rotatable bonds is 8. The molecule has 0 unspecified atom stereocenters. The van der Waals surface area contributed by atoms with E-state index in [0.717, 1.165) is 44.9 Å². The lowest BCUT2D eigenvalue weighted by Gasteiger charge is -2.39. The zero-order valence-corrected chi connectivity index (χ0v) is 24.1. The maximum Gasteiger partial charge on any atom is 0.430 e. The van der Waals surface area contributed by atoms with Crippen molar-refractivity contribution in [3.63, 3.8) is 0 Å². The second-order valence-electron chi connectivity index (χ2n) is 10.3. The van der Waals surface area contributed by atoms with E-state index in [1.807, 2.05) is 24.3 Å². The first-order chi connectivity index (χ1) is 20.5. The van der Waals surface area contributed by atoms with E-state index < -0.39 is 50.3 Å². The van der Waals surface area contributed by atoms with Crippen molar-refractivity contribution in [3.8, 4) is 0 Å². The van der Waals surface area contributed by atoms with Gasteiger partial charge in [0.2, 0.25) is 0 Å². The summed E-state index contributed by atoms with van der Waals surface area (Å²) in [5.41, 5.74) is -6.43. The standard InChI is InChI=1S/C29H23F7N2O4S2/c30-19-7-11-22(12-8-19)44(41,42)38-20(16-21(39)10-14-26-37-23-3-1-2-4-25(23)43-26)9-5-17-15-18(6-13-24(17)38)27(40,28(31,32)33)29(34,35)36/h1-4,6-8,11-13,15,20,40H,5,9-10,14,16H2/t20-/m0/s1. The number of alkyl halides is 6. The SMILES string of the molecule is O=C(CCc1nc2ccccc2s1)C[C@@H]1CCc2cc(C(O)(C(F)(F)F)C(F)(F)F)ccc2N1S(=O)(=O)c1ccc(F)cc1. The molecule has 0 spiro atoms. The highest BCUT2D eigenvalue weighted by molar-refractivity contribution is 7.92. The van der Waals surface area contributed by atoms with E-state index in [1.54, 1.807) is 0 Å². The largest absolute Gasteiger partial charge is 0.430 e. The number of aryl methyl sites for hydroxylation is 2. The van der Waals surface area contributed by atoms with Crippen LogP contribution in [0.3, 0.4) is 0 Å². The summed E-state index contributed by atoms with van der Waals surface area (Å²) in [5.74, 6) is -1.08. The van der Waals surface area contributed by atoms with Crippen LogP contribution < -0.4 is 4.31 Å². The van der Waals surface area contributed by atoms with Crippen molar-refractivity contribution in [1.29, 1.82) is 0 Å². The molecule has 1 aliphatic heterocycles. The van der Waals surface area contributed by atoms with Crippen molar-refractivity contribution < 1.29 is 49.1 Å². The number of para-hydroxylation sites is 1. The Bertz CT molecular complexity index is 1760. The number of aromatic nitrogens is 1. The van der Waals surface area contributed by atoms with Crippen molar-refractivity contribution in [1.82, 2.24) is 4.98 Å². The molecule has 4 aromatic rings. The summed E-state index contributed by atoms with van der Waals surface area (Å²) < 4.78 is 124. The second-order valence-corrected chi connectivity index (χ2v) is 13.2. The summed E-state index contributed by atoms with van der Waals surface area (Å²) in [5, 5.41) is 10.6. The predicted molar refractivity (Wildman–Crippen MR) is 148 cm³/mol. The number of aliphatic hydroxyl groups is 1. The molecule has 5 rings (SSSR count). The summed E-state index contributed by atoms with van der Waals surface area (Å²) in [4.78, 5) is 17.2. The summed E-state index contributed by atoms with van der Waals surface area (Å²) in [6.45, 7) is 0. The van der Waals surface area contributed by atoms with E-state index in [-0.39, 0.29) is 49.1 Å². The average molecular weight is 661 g/mol. The molecule has 1 N–H and O–H groups in total. The minimum atomic E-state index is -6.13. The number of carbonyl (C=O) groups excluding carboxylic acids is 1. The third-order valence-corrected chi connectivity index (χ3v) is 10.4. The molecule has 0 radical (unpaired) electrons. The number of fused-ring (bicyclic) bond motifs is 2. The first-order valence-corrected chi connectivity index (χ1v) is 15.4. The molecule has 0 saturated carbocycles. The lowest BCUT2D eigenvalue weighted by molar-refractivity contribution is -0.376. The molecule has 15 heteroatoms. The van der Waals surface area contributed by atoms with Gasteiger partial charge < -0.3 is 5.11 Å². The van der Waals surface area contributed by atoms with Crippen LogP contribution in [0.5, 0.6) is 0 Å². The molecule has 234 valence electrons. The van der Waals surface area contributed by atoms with Crippen molar-refractivity contribution in [2.75, 3.05) is 4.31 Å². The molecule has 2 heterocycles. The van der Waals surface area contributed by atoms with Gasteiger partial charge in [-0.05, 0) is 60.9 Å². The second kappa shape index (κ2) is 11.4. The Hall–Kier alpha value is -3.56. The quantitative estimate of drug-likeness (QED) is 0.209. The lowest BCUT2D eigenvalue weighted by Crippen LogP contribution is -2.54. The molecular formula is C29H23F7N2O4S2. The van der Waals surface area contributed by atoms with Gasteiger partial charge in [-0.1, -0.05) is 24.3 Å². The van der Waals surface area contributed by atoms with E-state index in [1.165, 1.54) is 11.3 Å². The number of ketones is 1. The molecular weight excluding hydrogens is 637 g/mol. The van der Waals surface area contributed by atoms with Gasteiger partial charge in [-0.2, -0.15) is 26.3 Å². The van der Waals surface area contributed by atoms with Gasteiger partial charge in [0.1, 0.15) is 11.6 Å². The predicted octanol–water partition coefficient (Wildman–Crippen LogP) is 6.85. The van der Waals surface area contributed by atoms with Crippen molar-refractivity contribution in [2.45, 2.75) is 61.0 Å². The fourth-order valence-corrected chi connectivity index (χ4v) is 7.90. The summed E-state index contributed by atoms with van der Waals surface area (Å²) in [6, 6.07) is 11.6. The van der Waals surface area contributed by atoms with Gasteiger partial charge in [-0.3, -0.25) is 9.10 Å². The minimum Gasteiger partial charge on any atom is -0.369 e. The number of halogens is 7. The van der Waals surface area contributed by atoms with E-state index in [2.05, 4.69) is 4.98 Å². The van der Waals surface area contributed by atoms with Gasteiger partial charge >= 0.3 is 12.4 Å². The van der Waals surface area contributed by atoms with Gasteiger partial charge in [-0.25, -0.2) is 17.8 Å². The topological polar surface area (TPSA) is 87.6 Å². The number of Topliss-reactive ketones (excluding diaryl/α,β-unsaturated/α-hetero) is 1. The normalized spacial score (nSPS) is 16.3. The number of sulfonamides is 1. The Balaban J connectivity index is 1.49. The molecule has 6 nitrogen and oxygen atoms in total. The van der Waals surface area contributed by atoms with Crippen LogP contribution in [0.25, 0.3) is 10.2 Å². The Labute approximate surface area is 250 Å². The Kier molecular flexibility index (Phi) is 8.27. The van der Waals surface area contributed by atoms with Crippen LogP contribution in [-0.4, -0.2) is 42.7 Å². The van der Waals surface area contributed by atoms with Crippen LogP contribution >= 0.6 is 11.3 Å². The van der Waals surface area contributed by atoms with Gasteiger partial charge in [0.25, 0.3) is 15.6 Å². The first-order valence-electron chi connectivity index (χ1n) is 13.2. The number of carbonyl (C=O) groups is 1. The molecule has 0 aliphatic carbocycles. The number of hydrogen-bond donors (Lipinski definition) is 1. The Morgan fingerprint density at radius 2 is 1.64 bits per heavy atom. The van der Waals surface area contributed by atoms with E-state index >= 15 is 0 Å². The smallest absolute Gasteiger partial charge is 0.369 e. The molecule has 1 aromatic heterocycles. The average Bonchev–Trinajstić information content (AvgIpc) is 3.37. The Morgan fingerprint density at radius 3 is 2.27 bits per heavy atom. The molecule has 44 heavy (non-hydrogen) atoms. The fourth-order valence-electron chi connectivity index (χ4n) is 5.22. The van der Waals surface area contributed by atoms with Gasteiger partial charge in [0, 0.05) is 24.8 Å². The molecule has 3 aromatic carbocycles. The molecule has 1 aliphatic rings. The summed E-state index contributed by atoms with van der Waals surface area (Å²) >= 11 is 1.41. The van der Waals surface area contributed by atoms with Crippen molar-refractivity contribution >= 4 is 43.0 Å². The van der Waals surface area contributed by atoms with Crippen LogP contribution in [-0.2, 0) is 33.3 Å². The van der Waals surface area contributed by atoms with Crippen LogP contribution in [0.15, 0.2) is 71.6 Å². The van der Waals surface area contributed by atoms with Crippen LogP contribution in [0.1, 0.15) is 35.4 Å². The molecule has 0 bridgehead atoms. The lowest BCUT2D eigenvalue weighted by atomic mass is 9.87. The zero-order chi connectivity index (χ0) is 32.1. The fraction of sp³-hybridized carbons (Fsp3) is 0.310. The zero-order valence-electron chi connectivity index (χ0n) is 22.5. The summed E-state index contributed by atoms with van der Waals surface area (Å²) in [6.07, 6.45) is -12.6. The van der Waals surface area contributed by atoms with Gasteiger partial charge in [0.05, 0.1) is 31.8 Å². The number of thiazole rings is 1. The van der Waals surface area contributed by atoms with Crippen LogP contribution in [0, 0.1) is 5.82 Å². The molecule has 0 amide bonds. The third-order valence-electron chi connectivity index (χ3n) is 7.42. The number of nitrogens with zero attached hydrogens (tertiary/aromatic N) is 2. The number of hydrogen-bond acceptors (Lipinski definition) is 6. The van der Waals surface area contributed by atoms with Crippen LogP contribution in [0.2, 0.25) is 0 Å². The number of anilines is 1. The highest BCUT2D eigenvalue weighted by Crippen LogP contribution is 2.51. The monoisotopic (exact) mass is 660 g/mol. The van der Waals surface area contributed by atoms with E-state index in [9.17, 15) is 49.1 Å². The molecule has 0 fully saturated rings. The maximum atomic E-state index is 13.8. The number of benzene rings is 3. The van der Waals surface area contributed by atoms with Gasteiger partial charge in [-0.15, -0.1) is 11.3 Å². The van der Waals surface area contributed by atoms with Gasteiger partial charge in [0.15, 0.2) is 0 Å². The highest BCUT2D eigenvalue weighted by atomic mass is 32.2. The highest BCUT2D eigenvalue weighted by Gasteiger charge is 2.71. The summed E-state index contributed by atoms with van der Waals surface area (Å²) in [7, 11) is -4.58. The maximum absolute atomic E-state index is 13.8. The van der Waals surface area contributed by atoms with E-state index in [4.69, 9.17) is 0 Å². The van der Waals surface area contributed by atoms with Crippen molar-refractivity contribution in [3.05, 3.63) is 88.7 Å². The van der Waals surface area contributed by atoms with E-state index in [0.29, 0.717) is 17.1 Å². The minimum absolute atomic E-state index is 0.0107. The first kappa shape index (κ1) is 31.9. The third kappa shape index (κ3) is 5.79. The van der Waals surface area contributed by atoms with Crippen molar-refractivity contribution in [2.24, 2.45) is 0 Å². The Morgan fingerprint density at radius 1 is 0.977 bits per heavy atom. The molecule has 1 atom stereocenters. The van der Waals surface area contributed by atoms with Crippen LogP contribution in [0.4, 0.5) is 36.4 Å².